The molecule has 1 aromatic rings. The number of rotatable bonds is 10. The van der Waals surface area contributed by atoms with Crippen molar-refractivity contribution in [1.29, 1.82) is 0 Å². The van der Waals surface area contributed by atoms with Crippen molar-refractivity contribution < 1.29 is 14.2 Å². The minimum Gasteiger partial charge on any atom is -0.492 e. The molecule has 0 spiro atoms. The topological polar surface area (TPSA) is 64.1 Å². The molecule has 0 atom stereocenters. The van der Waals surface area contributed by atoms with Crippen molar-refractivity contribution in [1.82, 2.24) is 10.6 Å². The summed E-state index contributed by atoms with van der Waals surface area (Å²) >= 11 is 5.93. The maximum atomic E-state index is 5.93. The molecule has 2 rings (SSSR count). The summed E-state index contributed by atoms with van der Waals surface area (Å²) in [6, 6.07) is 7.38. The summed E-state index contributed by atoms with van der Waals surface area (Å²) in [6.45, 7) is 5.37. The second-order valence-electron chi connectivity index (χ2n) is 6.22. The lowest BCUT2D eigenvalue weighted by Gasteiger charge is -2.21. The smallest absolute Gasteiger partial charge is 0.191 e. The van der Waals surface area contributed by atoms with Crippen LogP contribution in [-0.4, -0.2) is 59.1 Å². The third-order valence-corrected chi connectivity index (χ3v) is 4.37. The molecule has 0 radical (unpaired) electrons. The van der Waals surface area contributed by atoms with Gasteiger partial charge in [-0.2, -0.15) is 0 Å². The first-order chi connectivity index (χ1) is 12.8. The molecule has 0 unspecified atom stereocenters. The standard InChI is InChI=1S/C19H30ClN3O3.HI/c1-21-19(23-9-13-26-18-5-2-4-17(20)14-18)22-8-3-10-25-15-16-6-11-24-12-7-16;/h2,4-5,14,16H,3,6-13,15H2,1H3,(H2,21,22,23);1H. The molecular formula is C19H31ClIN3O3. The van der Waals surface area contributed by atoms with Crippen LogP contribution in [0.4, 0.5) is 0 Å². The average molecular weight is 512 g/mol. The number of nitrogens with zero attached hydrogens (tertiary/aromatic N) is 1. The van der Waals surface area contributed by atoms with Crippen LogP contribution in [0.2, 0.25) is 5.02 Å². The van der Waals surface area contributed by atoms with E-state index in [-0.39, 0.29) is 24.0 Å². The molecule has 27 heavy (non-hydrogen) atoms. The van der Waals surface area contributed by atoms with Crippen molar-refractivity contribution >= 4 is 41.5 Å². The molecule has 1 heterocycles. The van der Waals surface area contributed by atoms with Gasteiger partial charge in [0.05, 0.1) is 6.54 Å². The molecule has 6 nitrogen and oxygen atoms in total. The van der Waals surface area contributed by atoms with Crippen LogP contribution in [0.25, 0.3) is 0 Å². The molecule has 2 N–H and O–H groups in total. The predicted octanol–water partition coefficient (Wildman–Crippen LogP) is 3.34. The largest absolute Gasteiger partial charge is 0.492 e. The monoisotopic (exact) mass is 511 g/mol. The first-order valence-corrected chi connectivity index (χ1v) is 9.64. The molecule has 1 aliphatic rings. The highest BCUT2D eigenvalue weighted by Gasteiger charge is 2.13. The van der Waals surface area contributed by atoms with Crippen LogP contribution in [0.15, 0.2) is 29.3 Å². The molecule has 0 saturated carbocycles. The fourth-order valence-corrected chi connectivity index (χ4v) is 2.84. The van der Waals surface area contributed by atoms with Gasteiger partial charge in [0.2, 0.25) is 0 Å². The van der Waals surface area contributed by atoms with Crippen LogP contribution >= 0.6 is 35.6 Å². The normalized spacial score (nSPS) is 15.1. The number of ether oxygens (including phenoxy) is 3. The number of benzene rings is 1. The van der Waals surface area contributed by atoms with Crippen molar-refractivity contribution in [3.05, 3.63) is 29.3 Å². The number of hydrogen-bond acceptors (Lipinski definition) is 4. The van der Waals surface area contributed by atoms with Gasteiger partial charge in [0.25, 0.3) is 0 Å². The number of guanidine groups is 1. The quantitative estimate of drug-likeness (QED) is 0.218. The molecule has 1 saturated heterocycles. The van der Waals surface area contributed by atoms with Crippen molar-refractivity contribution in [3.63, 3.8) is 0 Å². The molecule has 154 valence electrons. The van der Waals surface area contributed by atoms with Gasteiger partial charge in [0, 0.05) is 45.0 Å². The van der Waals surface area contributed by atoms with Gasteiger partial charge in [-0.25, -0.2) is 0 Å². The highest BCUT2D eigenvalue weighted by Crippen LogP contribution is 2.16. The molecule has 0 bridgehead atoms. The van der Waals surface area contributed by atoms with E-state index in [4.69, 9.17) is 25.8 Å². The fraction of sp³-hybridized carbons (Fsp3) is 0.632. The highest BCUT2D eigenvalue weighted by molar-refractivity contribution is 14.0. The van der Waals surface area contributed by atoms with Crippen LogP contribution in [0, 0.1) is 5.92 Å². The third kappa shape index (κ3) is 11.0. The van der Waals surface area contributed by atoms with Crippen LogP contribution < -0.4 is 15.4 Å². The summed E-state index contributed by atoms with van der Waals surface area (Å²) < 4.78 is 16.8. The van der Waals surface area contributed by atoms with Gasteiger partial charge in [-0.3, -0.25) is 4.99 Å². The van der Waals surface area contributed by atoms with E-state index in [1.807, 2.05) is 18.2 Å². The van der Waals surface area contributed by atoms with Crippen LogP contribution in [0.3, 0.4) is 0 Å². The van der Waals surface area contributed by atoms with E-state index >= 15 is 0 Å². The molecule has 8 heteroatoms. The van der Waals surface area contributed by atoms with Crippen molar-refractivity contribution in [3.8, 4) is 5.75 Å². The highest BCUT2D eigenvalue weighted by atomic mass is 127. The summed E-state index contributed by atoms with van der Waals surface area (Å²) in [5, 5.41) is 7.17. The number of aliphatic imine (C=N–C) groups is 1. The second-order valence-corrected chi connectivity index (χ2v) is 6.65. The maximum Gasteiger partial charge on any atom is 0.191 e. The zero-order valence-electron chi connectivity index (χ0n) is 15.9. The van der Waals surface area contributed by atoms with Gasteiger partial charge < -0.3 is 24.8 Å². The molecule has 0 amide bonds. The molecule has 1 aromatic carbocycles. The Morgan fingerprint density at radius 1 is 1.22 bits per heavy atom. The summed E-state index contributed by atoms with van der Waals surface area (Å²) in [6.07, 6.45) is 3.18. The van der Waals surface area contributed by atoms with Gasteiger partial charge in [-0.1, -0.05) is 17.7 Å². The summed E-state index contributed by atoms with van der Waals surface area (Å²) in [7, 11) is 1.76. The van der Waals surface area contributed by atoms with E-state index in [9.17, 15) is 0 Å². The lowest BCUT2D eigenvalue weighted by Crippen LogP contribution is -2.39. The van der Waals surface area contributed by atoms with E-state index in [1.165, 1.54) is 0 Å². The van der Waals surface area contributed by atoms with Gasteiger partial charge in [0.15, 0.2) is 5.96 Å². The maximum absolute atomic E-state index is 5.93. The first-order valence-electron chi connectivity index (χ1n) is 9.26. The summed E-state index contributed by atoms with van der Waals surface area (Å²) in [5.41, 5.74) is 0. The van der Waals surface area contributed by atoms with Gasteiger partial charge in [0.1, 0.15) is 12.4 Å². The lowest BCUT2D eigenvalue weighted by molar-refractivity contribution is 0.0203. The summed E-state index contributed by atoms with van der Waals surface area (Å²) in [4.78, 5) is 4.20. The van der Waals surface area contributed by atoms with Crippen LogP contribution in [0.5, 0.6) is 5.75 Å². The first kappa shape index (κ1) is 24.3. The zero-order valence-corrected chi connectivity index (χ0v) is 19.0. The number of halogens is 2. The molecule has 1 aliphatic heterocycles. The molecule has 1 fully saturated rings. The van der Waals surface area contributed by atoms with Gasteiger partial charge in [-0.05, 0) is 43.4 Å². The van der Waals surface area contributed by atoms with Crippen molar-refractivity contribution in [2.24, 2.45) is 10.9 Å². The Kier molecular flexibility index (Phi) is 13.7. The lowest BCUT2D eigenvalue weighted by atomic mass is 10.0. The molecular weight excluding hydrogens is 481 g/mol. The zero-order chi connectivity index (χ0) is 18.5. The molecule has 0 aliphatic carbocycles. The Morgan fingerprint density at radius 3 is 2.74 bits per heavy atom. The van der Waals surface area contributed by atoms with Crippen LogP contribution in [0.1, 0.15) is 19.3 Å². The third-order valence-electron chi connectivity index (χ3n) is 4.14. The molecule has 0 aromatic heterocycles. The Labute approximate surface area is 184 Å². The minimum atomic E-state index is 0. The minimum absolute atomic E-state index is 0. The SMILES string of the molecule is CN=C(NCCCOCC1CCOCC1)NCCOc1cccc(Cl)c1.I. The van der Waals surface area contributed by atoms with E-state index in [0.29, 0.717) is 24.1 Å². The Hall–Kier alpha value is -0.770. The Bertz CT molecular complexity index is 543. The van der Waals surface area contributed by atoms with Crippen molar-refractivity contribution in [2.75, 3.05) is 53.2 Å². The number of nitrogens with one attached hydrogen (secondary N) is 2. The predicted molar refractivity (Wildman–Crippen MR) is 121 cm³/mol. The van der Waals surface area contributed by atoms with E-state index in [0.717, 1.165) is 63.9 Å². The summed E-state index contributed by atoms with van der Waals surface area (Å²) in [5.74, 6) is 2.19. The van der Waals surface area contributed by atoms with Gasteiger partial charge >= 0.3 is 0 Å². The van der Waals surface area contributed by atoms with Gasteiger partial charge in [-0.15, -0.1) is 24.0 Å². The fourth-order valence-electron chi connectivity index (χ4n) is 2.66. The van der Waals surface area contributed by atoms with Crippen LogP contribution in [-0.2, 0) is 9.47 Å². The van der Waals surface area contributed by atoms with E-state index in [2.05, 4.69) is 15.6 Å². The Balaban J connectivity index is 0.00000364. The van der Waals surface area contributed by atoms with E-state index in [1.54, 1.807) is 13.1 Å². The number of hydrogen-bond donors (Lipinski definition) is 2. The van der Waals surface area contributed by atoms with E-state index < -0.39 is 0 Å². The average Bonchev–Trinajstić information content (AvgIpc) is 2.67. The second kappa shape index (κ2) is 15.2. The Morgan fingerprint density at radius 2 is 2.00 bits per heavy atom. The van der Waals surface area contributed by atoms with Crippen molar-refractivity contribution in [2.45, 2.75) is 19.3 Å².